The van der Waals surface area contributed by atoms with Crippen LogP contribution in [0.5, 0.6) is 5.75 Å². The average Bonchev–Trinajstić information content (AvgIpc) is 2.72. The molecule has 0 aromatic heterocycles. The number of ether oxygens (including phenoxy) is 2. The highest BCUT2D eigenvalue weighted by atomic mass is 32.2. The number of esters is 1. The third-order valence-electron chi connectivity index (χ3n) is 4.36. The van der Waals surface area contributed by atoms with E-state index in [-0.39, 0.29) is 29.3 Å². The highest BCUT2D eigenvalue weighted by Gasteiger charge is 2.27. The van der Waals surface area contributed by atoms with Crippen molar-refractivity contribution in [2.24, 2.45) is 0 Å². The van der Waals surface area contributed by atoms with Crippen LogP contribution in [0.15, 0.2) is 47.4 Å². The topological polar surface area (TPSA) is 102 Å². The number of hydrogen-bond donors (Lipinski definition) is 1. The molecule has 1 amide bonds. The number of carbonyl (C=O) groups excluding carboxylic acids is 2. The Morgan fingerprint density at radius 2 is 1.77 bits per heavy atom. The van der Waals surface area contributed by atoms with Gasteiger partial charge >= 0.3 is 5.97 Å². The van der Waals surface area contributed by atoms with Crippen LogP contribution < -0.4 is 10.1 Å². The van der Waals surface area contributed by atoms with Crippen LogP contribution in [0.4, 0.5) is 5.69 Å². The molecule has 0 atom stereocenters. The van der Waals surface area contributed by atoms with Crippen molar-refractivity contribution in [1.82, 2.24) is 4.31 Å². The molecule has 0 saturated carbocycles. The highest BCUT2D eigenvalue weighted by Crippen LogP contribution is 2.28. The third kappa shape index (κ3) is 5.58. The zero-order valence-corrected chi connectivity index (χ0v) is 18.3. The number of aryl methyl sites for hydroxylation is 1. The van der Waals surface area contributed by atoms with Gasteiger partial charge in [0, 0.05) is 18.8 Å². The molecular weight excluding hydrogens is 408 g/mol. The van der Waals surface area contributed by atoms with Crippen molar-refractivity contribution in [3.05, 3.63) is 53.6 Å². The van der Waals surface area contributed by atoms with Gasteiger partial charge in [0.2, 0.25) is 10.0 Å². The average molecular weight is 435 g/mol. The second-order valence-corrected chi connectivity index (χ2v) is 8.36. The largest absolute Gasteiger partial charge is 0.495 e. The summed E-state index contributed by atoms with van der Waals surface area (Å²) in [5.74, 6) is -1.19. The van der Waals surface area contributed by atoms with Gasteiger partial charge in [-0.3, -0.25) is 4.79 Å². The second kappa shape index (κ2) is 10.2. The van der Waals surface area contributed by atoms with E-state index in [1.54, 1.807) is 32.0 Å². The minimum absolute atomic E-state index is 0.00452. The maximum atomic E-state index is 12.9. The van der Waals surface area contributed by atoms with E-state index in [2.05, 4.69) is 5.32 Å². The SMILES string of the molecule is CCN(CC)S(=O)(=O)c1cc(C(=O)OCC(=O)Nc2cccc(C)c2)ccc1OC. The monoisotopic (exact) mass is 434 g/mol. The Kier molecular flexibility index (Phi) is 7.96. The summed E-state index contributed by atoms with van der Waals surface area (Å²) in [7, 11) is -2.50. The molecule has 0 aliphatic heterocycles. The molecule has 0 heterocycles. The molecule has 1 N–H and O–H groups in total. The molecule has 2 aromatic carbocycles. The van der Waals surface area contributed by atoms with Crippen LogP contribution in [-0.4, -0.2) is 51.4 Å². The zero-order chi connectivity index (χ0) is 22.3. The van der Waals surface area contributed by atoms with Crippen LogP contribution in [0.1, 0.15) is 29.8 Å². The fraction of sp³-hybridized carbons (Fsp3) is 0.333. The lowest BCUT2D eigenvalue weighted by Crippen LogP contribution is -2.31. The van der Waals surface area contributed by atoms with Crippen molar-refractivity contribution in [1.29, 1.82) is 0 Å². The van der Waals surface area contributed by atoms with Gasteiger partial charge in [-0.05, 0) is 42.8 Å². The molecule has 0 unspecified atom stereocenters. The first-order valence-corrected chi connectivity index (χ1v) is 10.9. The van der Waals surface area contributed by atoms with E-state index < -0.39 is 28.5 Å². The van der Waals surface area contributed by atoms with Crippen molar-refractivity contribution in [3.63, 3.8) is 0 Å². The van der Waals surface area contributed by atoms with Gasteiger partial charge in [-0.15, -0.1) is 0 Å². The van der Waals surface area contributed by atoms with Crippen molar-refractivity contribution >= 4 is 27.6 Å². The molecule has 0 spiro atoms. The van der Waals surface area contributed by atoms with E-state index in [9.17, 15) is 18.0 Å². The maximum absolute atomic E-state index is 12.9. The number of carbonyl (C=O) groups is 2. The summed E-state index contributed by atoms with van der Waals surface area (Å²) in [5.41, 5.74) is 1.57. The zero-order valence-electron chi connectivity index (χ0n) is 17.5. The lowest BCUT2D eigenvalue weighted by Gasteiger charge is -2.20. The molecule has 9 heteroatoms. The van der Waals surface area contributed by atoms with Crippen LogP contribution in [0.2, 0.25) is 0 Å². The van der Waals surface area contributed by atoms with Crippen molar-refractivity contribution in [2.75, 3.05) is 32.1 Å². The summed E-state index contributed by atoms with van der Waals surface area (Å²) in [5, 5.41) is 2.63. The predicted octanol–water partition coefficient (Wildman–Crippen LogP) is 2.83. The fourth-order valence-electron chi connectivity index (χ4n) is 2.84. The molecule has 2 aromatic rings. The molecule has 0 fully saturated rings. The smallest absolute Gasteiger partial charge is 0.338 e. The number of rotatable bonds is 9. The molecular formula is C21H26N2O6S. The summed E-state index contributed by atoms with van der Waals surface area (Å²) < 4.78 is 37.2. The number of nitrogens with zero attached hydrogens (tertiary/aromatic N) is 1. The van der Waals surface area contributed by atoms with E-state index >= 15 is 0 Å². The third-order valence-corrected chi connectivity index (χ3v) is 6.43. The Balaban J connectivity index is 2.15. The first kappa shape index (κ1) is 23.4. The van der Waals surface area contributed by atoms with Crippen LogP contribution in [0.25, 0.3) is 0 Å². The van der Waals surface area contributed by atoms with Gasteiger partial charge in [0.1, 0.15) is 10.6 Å². The summed E-state index contributed by atoms with van der Waals surface area (Å²) in [6, 6.07) is 11.2. The number of nitrogens with one attached hydrogen (secondary N) is 1. The Hall–Kier alpha value is -2.91. The van der Waals surface area contributed by atoms with Crippen LogP contribution >= 0.6 is 0 Å². The number of anilines is 1. The molecule has 0 radical (unpaired) electrons. The van der Waals surface area contributed by atoms with Gasteiger partial charge in [-0.25, -0.2) is 13.2 Å². The number of sulfonamides is 1. The molecule has 0 aliphatic carbocycles. The molecule has 0 bridgehead atoms. The standard InChI is InChI=1S/C21H26N2O6S/c1-5-23(6-2)30(26,27)19-13-16(10-11-18(19)28-4)21(25)29-14-20(24)22-17-9-7-8-15(3)12-17/h7-13H,5-6,14H2,1-4H3,(H,22,24). The van der Waals surface area contributed by atoms with Crippen LogP contribution in [0, 0.1) is 6.92 Å². The van der Waals surface area contributed by atoms with Gasteiger partial charge in [-0.1, -0.05) is 26.0 Å². The van der Waals surface area contributed by atoms with Crippen molar-refractivity contribution in [2.45, 2.75) is 25.7 Å². The van der Waals surface area contributed by atoms with Crippen molar-refractivity contribution < 1.29 is 27.5 Å². The first-order valence-electron chi connectivity index (χ1n) is 9.44. The molecule has 162 valence electrons. The van der Waals surface area contributed by atoms with E-state index in [1.807, 2.05) is 13.0 Å². The molecule has 0 aliphatic rings. The van der Waals surface area contributed by atoms with Gasteiger partial charge < -0.3 is 14.8 Å². The Morgan fingerprint density at radius 1 is 1.07 bits per heavy atom. The minimum Gasteiger partial charge on any atom is -0.495 e. The maximum Gasteiger partial charge on any atom is 0.338 e. The quantitative estimate of drug-likeness (QED) is 0.609. The Bertz CT molecular complexity index is 1020. The Labute approximate surface area is 176 Å². The second-order valence-electron chi connectivity index (χ2n) is 6.45. The van der Waals surface area contributed by atoms with E-state index in [0.717, 1.165) is 5.56 Å². The summed E-state index contributed by atoms with van der Waals surface area (Å²) >= 11 is 0. The summed E-state index contributed by atoms with van der Waals surface area (Å²) in [4.78, 5) is 24.3. The number of methoxy groups -OCH3 is 1. The minimum atomic E-state index is -3.85. The lowest BCUT2D eigenvalue weighted by atomic mass is 10.2. The number of hydrogen-bond acceptors (Lipinski definition) is 6. The van der Waals surface area contributed by atoms with E-state index in [4.69, 9.17) is 9.47 Å². The number of amides is 1. The van der Waals surface area contributed by atoms with Gasteiger partial charge in [0.15, 0.2) is 6.61 Å². The molecule has 2 rings (SSSR count). The van der Waals surface area contributed by atoms with E-state index in [1.165, 1.54) is 29.6 Å². The molecule has 0 saturated heterocycles. The van der Waals surface area contributed by atoms with Crippen LogP contribution in [-0.2, 0) is 19.6 Å². The van der Waals surface area contributed by atoms with E-state index in [0.29, 0.717) is 5.69 Å². The molecule has 8 nitrogen and oxygen atoms in total. The van der Waals surface area contributed by atoms with Gasteiger partial charge in [-0.2, -0.15) is 4.31 Å². The molecule has 30 heavy (non-hydrogen) atoms. The Morgan fingerprint density at radius 3 is 2.37 bits per heavy atom. The highest BCUT2D eigenvalue weighted by molar-refractivity contribution is 7.89. The van der Waals surface area contributed by atoms with Gasteiger partial charge in [0.25, 0.3) is 5.91 Å². The van der Waals surface area contributed by atoms with Crippen LogP contribution in [0.3, 0.4) is 0 Å². The normalized spacial score (nSPS) is 11.2. The van der Waals surface area contributed by atoms with Crippen molar-refractivity contribution in [3.8, 4) is 5.75 Å². The summed E-state index contributed by atoms with van der Waals surface area (Å²) in [6.45, 7) is 5.38. The predicted molar refractivity (Wildman–Crippen MR) is 113 cm³/mol. The first-order chi connectivity index (χ1) is 14.2. The lowest BCUT2D eigenvalue weighted by molar-refractivity contribution is -0.119. The fourth-order valence-corrected chi connectivity index (χ4v) is 4.48. The summed E-state index contributed by atoms with van der Waals surface area (Å²) in [6.07, 6.45) is 0. The number of benzene rings is 2. The van der Waals surface area contributed by atoms with Gasteiger partial charge in [0.05, 0.1) is 12.7 Å².